The van der Waals surface area contributed by atoms with Crippen molar-refractivity contribution in [3.8, 4) is 23.0 Å². The summed E-state index contributed by atoms with van der Waals surface area (Å²) in [7, 11) is 0. The van der Waals surface area contributed by atoms with E-state index in [1.807, 2.05) is 65.6 Å². The fourth-order valence-corrected chi connectivity index (χ4v) is 4.17. The monoisotopic (exact) mass is 437 g/mol. The number of likely N-dealkylation sites (tertiary alicyclic amines) is 1. The Balaban J connectivity index is 1.19. The largest absolute Gasteiger partial charge is 0.335 e. The summed E-state index contributed by atoms with van der Waals surface area (Å²) in [5.41, 5.74) is 1.85. The summed E-state index contributed by atoms with van der Waals surface area (Å²) in [5.74, 6) is 0.741. The maximum absolute atomic E-state index is 13.2. The first-order valence-electron chi connectivity index (χ1n) is 10.7. The average molecular weight is 437 g/mol. The van der Waals surface area contributed by atoms with Gasteiger partial charge in [-0.05, 0) is 17.9 Å². The Kier molecular flexibility index (Phi) is 4.64. The van der Waals surface area contributed by atoms with Crippen molar-refractivity contribution in [3.63, 3.8) is 0 Å². The highest BCUT2D eigenvalue weighted by molar-refractivity contribution is 6.05. The summed E-state index contributed by atoms with van der Waals surface area (Å²) in [6, 6.07) is 19.3. The van der Waals surface area contributed by atoms with E-state index in [1.165, 1.54) is 0 Å². The predicted octanol–water partition coefficient (Wildman–Crippen LogP) is 3.63. The second kappa shape index (κ2) is 7.94. The van der Waals surface area contributed by atoms with E-state index in [2.05, 4.69) is 25.4 Å². The number of aromatic nitrogens is 6. The van der Waals surface area contributed by atoms with Gasteiger partial charge in [0.15, 0.2) is 5.69 Å². The fraction of sp³-hybridized carbons (Fsp3) is 0.167. The summed E-state index contributed by atoms with van der Waals surface area (Å²) in [6.45, 7) is 1.16. The SMILES string of the molecule is O=C(c1nccc2ccccc12)N1CC[C@H](n2cc(-c3nc(-c4ccccc4)no3)nn2)C1. The maximum Gasteiger partial charge on any atom is 0.280 e. The van der Waals surface area contributed by atoms with Crippen molar-refractivity contribution in [1.82, 2.24) is 35.0 Å². The van der Waals surface area contributed by atoms with E-state index in [0.717, 1.165) is 22.8 Å². The molecular formula is C24H19N7O2. The van der Waals surface area contributed by atoms with Crippen molar-refractivity contribution in [1.29, 1.82) is 0 Å². The van der Waals surface area contributed by atoms with Gasteiger partial charge in [-0.1, -0.05) is 65.0 Å². The molecule has 2 aromatic carbocycles. The molecule has 0 spiro atoms. The molecular weight excluding hydrogens is 418 g/mol. The third-order valence-corrected chi connectivity index (χ3v) is 5.89. The average Bonchev–Trinajstić information content (AvgIpc) is 3.64. The van der Waals surface area contributed by atoms with Gasteiger partial charge in [0.25, 0.3) is 11.8 Å². The van der Waals surface area contributed by atoms with Crippen LogP contribution in [0.1, 0.15) is 23.0 Å². The zero-order valence-electron chi connectivity index (χ0n) is 17.6. The van der Waals surface area contributed by atoms with Crippen LogP contribution in [0.5, 0.6) is 0 Å². The lowest BCUT2D eigenvalue weighted by Crippen LogP contribution is -2.30. The highest BCUT2D eigenvalue weighted by Crippen LogP contribution is 2.26. The molecule has 0 N–H and O–H groups in total. The molecule has 1 fully saturated rings. The van der Waals surface area contributed by atoms with E-state index < -0.39 is 0 Å². The second-order valence-corrected chi connectivity index (χ2v) is 7.95. The molecule has 0 aliphatic carbocycles. The first-order chi connectivity index (χ1) is 16.3. The quantitative estimate of drug-likeness (QED) is 0.423. The molecule has 1 amide bonds. The highest BCUT2D eigenvalue weighted by Gasteiger charge is 2.30. The van der Waals surface area contributed by atoms with E-state index in [0.29, 0.717) is 36.2 Å². The Bertz CT molecular complexity index is 1440. The van der Waals surface area contributed by atoms with Gasteiger partial charge in [0.05, 0.1) is 12.2 Å². The van der Waals surface area contributed by atoms with Gasteiger partial charge in [0.2, 0.25) is 5.82 Å². The molecule has 33 heavy (non-hydrogen) atoms. The lowest BCUT2D eigenvalue weighted by molar-refractivity contribution is 0.0783. The highest BCUT2D eigenvalue weighted by atomic mass is 16.5. The minimum atomic E-state index is -0.0703. The molecule has 0 radical (unpaired) electrons. The number of fused-ring (bicyclic) bond motifs is 1. The standard InChI is InChI=1S/C24H19N7O2/c32-24(21-19-9-5-4-6-16(19)10-12-25-21)30-13-11-18(14-30)31-15-20(27-29-31)23-26-22(28-33-23)17-7-2-1-3-8-17/h1-10,12,15,18H,11,13-14H2/t18-/m0/s1. The van der Waals surface area contributed by atoms with E-state index in [1.54, 1.807) is 17.1 Å². The number of hydrogen-bond donors (Lipinski definition) is 0. The van der Waals surface area contributed by atoms with Gasteiger partial charge in [-0.3, -0.25) is 9.78 Å². The third kappa shape index (κ3) is 3.53. The molecule has 0 bridgehead atoms. The van der Waals surface area contributed by atoms with Gasteiger partial charge < -0.3 is 9.42 Å². The Labute approximate surface area is 188 Å². The fourth-order valence-electron chi connectivity index (χ4n) is 4.17. The molecule has 1 aliphatic rings. The summed E-state index contributed by atoms with van der Waals surface area (Å²) < 4.78 is 7.16. The van der Waals surface area contributed by atoms with Crippen LogP contribution >= 0.6 is 0 Å². The number of pyridine rings is 1. The van der Waals surface area contributed by atoms with Gasteiger partial charge in [0, 0.05) is 30.2 Å². The predicted molar refractivity (Wildman–Crippen MR) is 120 cm³/mol. The first kappa shape index (κ1) is 19.3. The number of amides is 1. The zero-order chi connectivity index (χ0) is 22.2. The minimum absolute atomic E-state index is 0.0155. The molecule has 4 heterocycles. The zero-order valence-corrected chi connectivity index (χ0v) is 17.6. The molecule has 9 nitrogen and oxygen atoms in total. The van der Waals surface area contributed by atoms with Crippen LogP contribution in [0.15, 0.2) is 77.6 Å². The van der Waals surface area contributed by atoms with Gasteiger partial charge in [0.1, 0.15) is 5.69 Å². The van der Waals surface area contributed by atoms with Crippen LogP contribution in [0.2, 0.25) is 0 Å². The van der Waals surface area contributed by atoms with Crippen molar-refractivity contribution < 1.29 is 9.32 Å². The second-order valence-electron chi connectivity index (χ2n) is 7.95. The molecule has 1 saturated heterocycles. The molecule has 0 saturated carbocycles. The molecule has 0 unspecified atom stereocenters. The minimum Gasteiger partial charge on any atom is -0.335 e. The molecule has 1 aliphatic heterocycles. The summed E-state index contributed by atoms with van der Waals surface area (Å²) in [6.07, 6.45) is 4.25. The lowest BCUT2D eigenvalue weighted by atomic mass is 10.1. The molecule has 6 rings (SSSR count). The van der Waals surface area contributed by atoms with Gasteiger partial charge in [-0.15, -0.1) is 5.10 Å². The van der Waals surface area contributed by atoms with Crippen molar-refractivity contribution in [2.45, 2.75) is 12.5 Å². The van der Waals surface area contributed by atoms with E-state index in [4.69, 9.17) is 4.52 Å². The van der Waals surface area contributed by atoms with Crippen molar-refractivity contribution in [2.75, 3.05) is 13.1 Å². The lowest BCUT2D eigenvalue weighted by Gasteiger charge is -2.17. The van der Waals surface area contributed by atoms with Crippen LogP contribution in [-0.2, 0) is 0 Å². The number of hydrogen-bond acceptors (Lipinski definition) is 7. The number of benzene rings is 2. The van der Waals surface area contributed by atoms with E-state index in [9.17, 15) is 4.79 Å². The Morgan fingerprint density at radius 1 is 1.03 bits per heavy atom. The van der Waals surface area contributed by atoms with Crippen molar-refractivity contribution >= 4 is 16.7 Å². The number of rotatable bonds is 4. The van der Waals surface area contributed by atoms with Crippen LogP contribution < -0.4 is 0 Å². The molecule has 1 atom stereocenters. The Hall–Kier alpha value is -4.40. The normalized spacial score (nSPS) is 15.9. The molecule has 5 aromatic rings. The topological polar surface area (TPSA) is 103 Å². The van der Waals surface area contributed by atoms with Crippen molar-refractivity contribution in [3.05, 3.63) is 78.8 Å². The van der Waals surface area contributed by atoms with Crippen molar-refractivity contribution in [2.24, 2.45) is 0 Å². The van der Waals surface area contributed by atoms with Crippen LogP contribution in [0.3, 0.4) is 0 Å². The van der Waals surface area contributed by atoms with Gasteiger partial charge in [-0.2, -0.15) is 4.98 Å². The van der Waals surface area contributed by atoms with E-state index >= 15 is 0 Å². The Morgan fingerprint density at radius 2 is 1.88 bits per heavy atom. The molecule has 3 aromatic heterocycles. The number of nitrogens with zero attached hydrogens (tertiary/aromatic N) is 7. The third-order valence-electron chi connectivity index (χ3n) is 5.89. The smallest absolute Gasteiger partial charge is 0.280 e. The van der Waals surface area contributed by atoms with Crippen LogP contribution in [0.25, 0.3) is 33.7 Å². The van der Waals surface area contributed by atoms with Crippen LogP contribution in [-0.4, -0.2) is 54.0 Å². The van der Waals surface area contributed by atoms with E-state index in [-0.39, 0.29) is 11.9 Å². The summed E-state index contributed by atoms with van der Waals surface area (Å²) >= 11 is 0. The summed E-state index contributed by atoms with van der Waals surface area (Å²) in [4.78, 5) is 23.8. The molecule has 9 heteroatoms. The van der Waals surface area contributed by atoms with Crippen LogP contribution in [0, 0.1) is 0 Å². The maximum atomic E-state index is 13.2. The van der Waals surface area contributed by atoms with Crippen LogP contribution in [0.4, 0.5) is 0 Å². The Morgan fingerprint density at radius 3 is 2.79 bits per heavy atom. The number of carbonyl (C=O) groups is 1. The number of carbonyl (C=O) groups excluding carboxylic acids is 1. The van der Waals surface area contributed by atoms with Gasteiger partial charge in [-0.25, -0.2) is 4.68 Å². The summed E-state index contributed by atoms with van der Waals surface area (Å²) in [5, 5.41) is 14.4. The van der Waals surface area contributed by atoms with Gasteiger partial charge >= 0.3 is 0 Å². The first-order valence-corrected chi connectivity index (χ1v) is 10.7. The molecule has 162 valence electrons.